The van der Waals surface area contributed by atoms with Crippen molar-refractivity contribution in [2.45, 2.75) is 48.5 Å². The Kier molecular flexibility index (Phi) is 10.3. The van der Waals surface area contributed by atoms with Crippen molar-refractivity contribution in [3.05, 3.63) is 90.2 Å². The first kappa shape index (κ1) is 32.4. The summed E-state index contributed by atoms with van der Waals surface area (Å²) in [6, 6.07) is 19.6. The van der Waals surface area contributed by atoms with E-state index in [4.69, 9.17) is 14.2 Å². The summed E-state index contributed by atoms with van der Waals surface area (Å²) in [5.41, 5.74) is 1.02. The molecule has 240 valence electrons. The van der Waals surface area contributed by atoms with Crippen molar-refractivity contribution < 1.29 is 41.7 Å². The fraction of sp³-hybridized carbons (Fsp3) is 0.375. The van der Waals surface area contributed by atoms with Gasteiger partial charge < -0.3 is 24.6 Å². The Balaban J connectivity index is 1.37. The van der Waals surface area contributed by atoms with Crippen molar-refractivity contribution in [3.63, 3.8) is 0 Å². The van der Waals surface area contributed by atoms with Gasteiger partial charge in [-0.05, 0) is 55.2 Å². The molecule has 2 saturated heterocycles. The van der Waals surface area contributed by atoms with Gasteiger partial charge in [0.25, 0.3) is 5.91 Å². The molecule has 4 atom stereocenters. The lowest BCUT2D eigenvalue weighted by atomic mass is 10.0. The fourth-order valence-corrected chi connectivity index (χ4v) is 6.94. The molecular formula is C32H36FN3O8S. The number of halogens is 1. The molecular weight excluding hydrogens is 605 g/mol. The molecule has 0 spiro atoms. The zero-order valence-electron chi connectivity index (χ0n) is 24.8. The van der Waals surface area contributed by atoms with Gasteiger partial charge in [0, 0.05) is 25.8 Å². The van der Waals surface area contributed by atoms with Gasteiger partial charge in [-0.25, -0.2) is 17.6 Å². The number of aliphatic hydroxyl groups excluding tert-OH is 1. The Morgan fingerprint density at radius 3 is 2.62 bits per heavy atom. The molecule has 2 N–H and O–H groups in total. The normalized spacial score (nSPS) is 19.7. The smallest absolute Gasteiger partial charge is 0.415 e. The van der Waals surface area contributed by atoms with Crippen LogP contribution in [0.15, 0.2) is 83.8 Å². The Morgan fingerprint density at radius 1 is 1.13 bits per heavy atom. The van der Waals surface area contributed by atoms with Crippen LogP contribution in [-0.4, -0.2) is 87.5 Å². The first-order valence-electron chi connectivity index (χ1n) is 14.7. The number of hydrogen-bond acceptors (Lipinski definition) is 8. The molecule has 5 rings (SSSR count). The maximum atomic E-state index is 13.9. The Hall–Kier alpha value is -4.04. The molecule has 2 aliphatic rings. The van der Waals surface area contributed by atoms with Gasteiger partial charge in [0.1, 0.15) is 11.6 Å². The average molecular weight is 642 g/mol. The van der Waals surface area contributed by atoms with Crippen LogP contribution in [0, 0.1) is 5.82 Å². The van der Waals surface area contributed by atoms with Crippen LogP contribution in [0.5, 0.6) is 5.75 Å². The summed E-state index contributed by atoms with van der Waals surface area (Å²) in [7, 11) is -2.68. The molecule has 11 nitrogen and oxygen atoms in total. The van der Waals surface area contributed by atoms with Gasteiger partial charge in [-0.2, -0.15) is 4.31 Å². The number of ether oxygens (including phenoxy) is 3. The van der Waals surface area contributed by atoms with Crippen LogP contribution in [0.4, 0.5) is 14.9 Å². The zero-order valence-corrected chi connectivity index (χ0v) is 25.6. The monoisotopic (exact) mass is 641 g/mol. The molecule has 45 heavy (non-hydrogen) atoms. The third kappa shape index (κ3) is 7.98. The van der Waals surface area contributed by atoms with E-state index in [-0.39, 0.29) is 42.7 Å². The van der Waals surface area contributed by atoms with Crippen LogP contribution in [0.2, 0.25) is 0 Å². The number of sulfonamides is 1. The highest BCUT2D eigenvalue weighted by atomic mass is 32.2. The van der Waals surface area contributed by atoms with Crippen LogP contribution in [0.1, 0.15) is 18.4 Å². The Bertz CT molecular complexity index is 1590. The standard InChI is InChI=1S/C32H36FN3O8S/c1-42-25-12-6-14-27(18-25)45(40,41)35(19-26-13-7-15-43-26)20-29(37)28(16-22-8-3-2-4-9-22)34-31(38)30-21-36(32(39)44-30)24-11-5-10-23(33)17-24/h2-6,8-12,14,17-18,26,28-30,37H,7,13,15-16,19-21H2,1H3,(H,34,38)/t26?,28-,29+,30-/m0/s1. The molecule has 1 unspecified atom stereocenters. The third-order valence-corrected chi connectivity index (χ3v) is 9.64. The molecule has 0 saturated carbocycles. The second-order valence-electron chi connectivity index (χ2n) is 11.0. The van der Waals surface area contributed by atoms with Crippen LogP contribution in [0.3, 0.4) is 0 Å². The van der Waals surface area contributed by atoms with E-state index < -0.39 is 46.1 Å². The largest absolute Gasteiger partial charge is 0.497 e. The number of hydrogen-bond donors (Lipinski definition) is 2. The first-order chi connectivity index (χ1) is 21.6. The second kappa shape index (κ2) is 14.4. The minimum Gasteiger partial charge on any atom is -0.497 e. The highest BCUT2D eigenvalue weighted by Gasteiger charge is 2.39. The SMILES string of the molecule is COc1cccc(S(=O)(=O)N(CC2CCCO2)C[C@@H](O)[C@H](Cc2ccccc2)NC(=O)[C@@H]2CN(c3cccc(F)c3)C(=O)O2)c1. The Labute approximate surface area is 261 Å². The molecule has 2 heterocycles. The number of rotatable bonds is 13. The topological polar surface area (TPSA) is 135 Å². The van der Waals surface area contributed by atoms with E-state index in [9.17, 15) is 27.5 Å². The molecule has 0 aromatic heterocycles. The number of aliphatic hydroxyl groups is 1. The summed E-state index contributed by atoms with van der Waals surface area (Å²) in [5, 5.41) is 14.4. The number of benzene rings is 3. The number of carbonyl (C=O) groups excluding carboxylic acids is 2. The number of methoxy groups -OCH3 is 1. The third-order valence-electron chi connectivity index (χ3n) is 7.82. The molecule has 3 aromatic carbocycles. The number of amides is 2. The van der Waals surface area contributed by atoms with Gasteiger partial charge in [-0.1, -0.05) is 42.5 Å². The number of anilines is 1. The second-order valence-corrected chi connectivity index (χ2v) is 12.9. The summed E-state index contributed by atoms with van der Waals surface area (Å²) >= 11 is 0. The summed E-state index contributed by atoms with van der Waals surface area (Å²) in [6.45, 7) is -0.000162. The van der Waals surface area contributed by atoms with Crippen LogP contribution in [-0.2, 0) is 30.7 Å². The average Bonchev–Trinajstić information content (AvgIpc) is 3.70. The van der Waals surface area contributed by atoms with E-state index in [0.717, 1.165) is 23.0 Å². The highest BCUT2D eigenvalue weighted by Crippen LogP contribution is 2.25. The van der Waals surface area contributed by atoms with Crippen LogP contribution >= 0.6 is 0 Å². The van der Waals surface area contributed by atoms with E-state index in [1.165, 1.54) is 41.7 Å². The lowest BCUT2D eigenvalue weighted by Gasteiger charge is -2.31. The predicted molar refractivity (Wildman–Crippen MR) is 163 cm³/mol. The van der Waals surface area contributed by atoms with E-state index in [1.54, 1.807) is 12.1 Å². The summed E-state index contributed by atoms with van der Waals surface area (Å²) < 4.78 is 59.0. The van der Waals surface area contributed by atoms with Crippen LogP contribution < -0.4 is 15.0 Å². The molecule has 0 aliphatic carbocycles. The molecule has 2 aliphatic heterocycles. The molecule has 13 heteroatoms. The lowest BCUT2D eigenvalue weighted by Crippen LogP contribution is -2.53. The van der Waals surface area contributed by atoms with Crippen LogP contribution in [0.25, 0.3) is 0 Å². The zero-order chi connectivity index (χ0) is 32.0. The Morgan fingerprint density at radius 2 is 1.91 bits per heavy atom. The van der Waals surface area contributed by atoms with Crippen molar-refractivity contribution in [1.82, 2.24) is 9.62 Å². The van der Waals surface area contributed by atoms with Gasteiger partial charge in [0.2, 0.25) is 10.0 Å². The van der Waals surface area contributed by atoms with Crippen molar-refractivity contribution >= 4 is 27.7 Å². The van der Waals surface area contributed by atoms with Crippen molar-refractivity contribution in [2.24, 2.45) is 0 Å². The van der Waals surface area contributed by atoms with E-state index in [2.05, 4.69) is 5.32 Å². The number of carbonyl (C=O) groups is 2. The van der Waals surface area contributed by atoms with E-state index in [0.29, 0.717) is 18.8 Å². The lowest BCUT2D eigenvalue weighted by molar-refractivity contribution is -0.129. The molecule has 0 radical (unpaired) electrons. The van der Waals surface area contributed by atoms with Gasteiger partial charge in [0.05, 0.1) is 42.5 Å². The van der Waals surface area contributed by atoms with Crippen molar-refractivity contribution in [1.29, 1.82) is 0 Å². The quantitative estimate of drug-likeness (QED) is 0.291. The minimum atomic E-state index is -4.12. The summed E-state index contributed by atoms with van der Waals surface area (Å²) in [5.74, 6) is -0.861. The molecule has 2 amide bonds. The summed E-state index contributed by atoms with van der Waals surface area (Å²) in [4.78, 5) is 27.1. The van der Waals surface area contributed by atoms with E-state index in [1.807, 2.05) is 30.3 Å². The number of nitrogens with zero attached hydrogens (tertiary/aromatic N) is 2. The van der Waals surface area contributed by atoms with Crippen molar-refractivity contribution in [3.8, 4) is 5.75 Å². The predicted octanol–water partition coefficient (Wildman–Crippen LogP) is 3.12. The van der Waals surface area contributed by atoms with E-state index >= 15 is 0 Å². The van der Waals surface area contributed by atoms with Gasteiger partial charge in [-0.3, -0.25) is 9.69 Å². The molecule has 2 fully saturated rings. The number of nitrogens with one attached hydrogen (secondary N) is 1. The fourth-order valence-electron chi connectivity index (χ4n) is 5.41. The maximum absolute atomic E-state index is 13.9. The molecule has 3 aromatic rings. The maximum Gasteiger partial charge on any atom is 0.415 e. The van der Waals surface area contributed by atoms with Gasteiger partial charge in [0.15, 0.2) is 6.10 Å². The van der Waals surface area contributed by atoms with Crippen molar-refractivity contribution in [2.75, 3.05) is 38.3 Å². The van der Waals surface area contributed by atoms with Gasteiger partial charge in [-0.15, -0.1) is 0 Å². The van der Waals surface area contributed by atoms with Gasteiger partial charge >= 0.3 is 6.09 Å². The minimum absolute atomic E-state index is 0.00540. The summed E-state index contributed by atoms with van der Waals surface area (Å²) in [6.07, 6.45) is -2.16. The molecule has 0 bridgehead atoms. The number of cyclic esters (lactones) is 1. The first-order valence-corrected chi connectivity index (χ1v) is 16.1. The highest BCUT2D eigenvalue weighted by molar-refractivity contribution is 7.89.